The Balaban J connectivity index is 1.19. The summed E-state index contributed by atoms with van der Waals surface area (Å²) in [6, 6.07) is 68.2. The maximum Gasteiger partial charge on any atom is 0.135 e. The van der Waals surface area contributed by atoms with Crippen molar-refractivity contribution >= 4 is 38.8 Å². The molecule has 0 bridgehead atoms. The fourth-order valence-corrected chi connectivity index (χ4v) is 8.94. The molecule has 1 spiro atoms. The highest BCUT2D eigenvalue weighted by Gasteiger charge is 2.55. The second kappa shape index (κ2) is 10.7. The van der Waals surface area contributed by atoms with Gasteiger partial charge in [0.25, 0.3) is 0 Å². The Morgan fingerprint density at radius 1 is 0.412 bits per heavy atom. The Hall–Kier alpha value is -6.64. The molecular weight excluding hydrogens is 619 g/mol. The van der Waals surface area contributed by atoms with Crippen molar-refractivity contribution in [1.82, 2.24) is 0 Å². The van der Waals surface area contributed by atoms with Gasteiger partial charge in [-0.1, -0.05) is 152 Å². The fourth-order valence-electron chi connectivity index (χ4n) is 8.94. The third-order valence-corrected chi connectivity index (χ3v) is 11.1. The van der Waals surface area contributed by atoms with E-state index in [-0.39, 0.29) is 0 Å². The Bertz CT molecular complexity index is 2760. The van der Waals surface area contributed by atoms with Crippen LogP contribution < -0.4 is 4.90 Å². The number of para-hydroxylation sites is 1. The van der Waals surface area contributed by atoms with E-state index in [1.165, 1.54) is 60.8 Å². The predicted octanol–water partition coefficient (Wildman–Crippen LogP) is 13.1. The highest BCUT2D eigenvalue weighted by atomic mass is 16.3. The average Bonchev–Trinajstić information content (AvgIpc) is 3.82. The lowest BCUT2D eigenvalue weighted by atomic mass is 9.73. The lowest BCUT2D eigenvalue weighted by molar-refractivity contribution is 0.507. The van der Waals surface area contributed by atoms with Crippen molar-refractivity contribution < 1.29 is 4.42 Å². The van der Waals surface area contributed by atoms with E-state index in [1.807, 2.05) is 0 Å². The smallest absolute Gasteiger partial charge is 0.135 e. The summed E-state index contributed by atoms with van der Waals surface area (Å²) in [5.41, 5.74) is 14.9. The van der Waals surface area contributed by atoms with E-state index in [0.29, 0.717) is 0 Å². The molecule has 2 heteroatoms. The van der Waals surface area contributed by atoms with Crippen molar-refractivity contribution in [1.29, 1.82) is 0 Å². The van der Waals surface area contributed by atoms with Gasteiger partial charge in [-0.25, -0.2) is 0 Å². The number of benzene rings is 8. The van der Waals surface area contributed by atoms with Crippen molar-refractivity contribution in [2.45, 2.75) is 5.41 Å². The molecular formula is C49H31NO. The molecule has 0 aliphatic heterocycles. The molecule has 0 atom stereocenters. The zero-order valence-electron chi connectivity index (χ0n) is 27.8. The minimum absolute atomic E-state index is 0.545. The molecule has 0 amide bonds. The van der Waals surface area contributed by atoms with Crippen LogP contribution in [0.1, 0.15) is 22.5 Å². The number of anilines is 3. The summed E-state index contributed by atoms with van der Waals surface area (Å²) in [5.74, 6) is 1.01. The Kier molecular flexibility index (Phi) is 5.91. The number of furan rings is 1. The van der Waals surface area contributed by atoms with Crippen molar-refractivity contribution in [2.75, 3.05) is 4.90 Å². The van der Waals surface area contributed by atoms with E-state index in [1.54, 1.807) is 0 Å². The maximum atomic E-state index is 7.01. The first-order chi connectivity index (χ1) is 25.3. The van der Waals surface area contributed by atoms with Gasteiger partial charge in [-0.3, -0.25) is 0 Å². The van der Waals surface area contributed by atoms with Crippen LogP contribution in [0.2, 0.25) is 0 Å². The lowest BCUT2D eigenvalue weighted by Gasteiger charge is -2.30. The Labute approximate surface area is 296 Å². The van der Waals surface area contributed by atoms with Crippen LogP contribution >= 0.6 is 0 Å². The lowest BCUT2D eigenvalue weighted by Crippen LogP contribution is -2.25. The molecule has 0 N–H and O–H groups in total. The maximum absolute atomic E-state index is 7.01. The molecule has 0 saturated heterocycles. The van der Waals surface area contributed by atoms with E-state index in [4.69, 9.17) is 4.42 Å². The van der Waals surface area contributed by atoms with Crippen molar-refractivity contribution in [2.24, 2.45) is 0 Å². The van der Waals surface area contributed by atoms with E-state index in [2.05, 4.69) is 193 Å². The van der Waals surface area contributed by atoms with Gasteiger partial charge in [-0.05, 0) is 86.3 Å². The van der Waals surface area contributed by atoms with Crippen molar-refractivity contribution in [3.63, 3.8) is 0 Å². The van der Waals surface area contributed by atoms with E-state index in [9.17, 15) is 0 Å². The zero-order chi connectivity index (χ0) is 33.5. The summed E-state index contributed by atoms with van der Waals surface area (Å²) >= 11 is 0. The Morgan fingerprint density at radius 2 is 1.00 bits per heavy atom. The molecule has 1 aromatic heterocycles. The largest absolute Gasteiger partial charge is 0.459 e. The van der Waals surface area contributed by atoms with Crippen molar-refractivity contribution in [3.8, 4) is 33.4 Å². The van der Waals surface area contributed by atoms with E-state index >= 15 is 0 Å². The SMILES string of the molecule is c1ccc(-c2ccc(N(c3ccc4c(c3)-c3c(oc5ccccc35)C43c4ccccc4-c4ccccc43)c3cccc4ccccc34)cc2)cc1. The van der Waals surface area contributed by atoms with Crippen LogP contribution in [0.15, 0.2) is 192 Å². The molecule has 0 fully saturated rings. The van der Waals surface area contributed by atoms with Gasteiger partial charge >= 0.3 is 0 Å². The molecule has 9 aromatic rings. The van der Waals surface area contributed by atoms with Crippen LogP contribution in [0.5, 0.6) is 0 Å². The number of rotatable bonds is 4. The normalized spacial score (nSPS) is 13.3. The topological polar surface area (TPSA) is 16.4 Å². The molecule has 2 aliphatic carbocycles. The summed E-state index contributed by atoms with van der Waals surface area (Å²) in [7, 11) is 0. The van der Waals surface area contributed by atoms with Gasteiger partial charge in [0.05, 0.1) is 5.69 Å². The first-order valence-corrected chi connectivity index (χ1v) is 17.6. The number of fused-ring (bicyclic) bond motifs is 13. The second-order valence-corrected chi connectivity index (χ2v) is 13.6. The van der Waals surface area contributed by atoms with Gasteiger partial charge < -0.3 is 9.32 Å². The van der Waals surface area contributed by atoms with Gasteiger partial charge in [0.2, 0.25) is 0 Å². The highest BCUT2D eigenvalue weighted by Crippen LogP contribution is 2.65. The quantitative estimate of drug-likeness (QED) is 0.189. The molecule has 8 aromatic carbocycles. The highest BCUT2D eigenvalue weighted by molar-refractivity contribution is 6.06. The average molecular weight is 650 g/mol. The molecule has 0 saturated carbocycles. The molecule has 51 heavy (non-hydrogen) atoms. The van der Waals surface area contributed by atoms with Crippen LogP contribution in [-0.2, 0) is 5.41 Å². The Morgan fingerprint density at radius 3 is 1.78 bits per heavy atom. The summed E-state index contributed by atoms with van der Waals surface area (Å²) in [6.07, 6.45) is 0. The molecule has 1 heterocycles. The number of hydrogen-bond acceptors (Lipinski definition) is 2. The van der Waals surface area contributed by atoms with Gasteiger partial charge in [0, 0.05) is 27.7 Å². The number of nitrogens with zero attached hydrogens (tertiary/aromatic N) is 1. The summed E-state index contributed by atoms with van der Waals surface area (Å²) in [6.45, 7) is 0. The van der Waals surface area contributed by atoms with Gasteiger partial charge in [0.15, 0.2) is 0 Å². The molecule has 0 unspecified atom stereocenters. The zero-order valence-corrected chi connectivity index (χ0v) is 27.8. The first-order valence-electron chi connectivity index (χ1n) is 17.6. The number of hydrogen-bond donors (Lipinski definition) is 0. The summed E-state index contributed by atoms with van der Waals surface area (Å²) in [4.78, 5) is 2.42. The van der Waals surface area contributed by atoms with Gasteiger partial charge in [-0.2, -0.15) is 0 Å². The van der Waals surface area contributed by atoms with Crippen LogP contribution in [0.4, 0.5) is 17.1 Å². The van der Waals surface area contributed by atoms with Crippen LogP contribution in [0.25, 0.3) is 55.1 Å². The van der Waals surface area contributed by atoms with Crippen LogP contribution in [0, 0.1) is 0 Å². The predicted molar refractivity (Wildman–Crippen MR) is 210 cm³/mol. The minimum Gasteiger partial charge on any atom is -0.459 e. The van der Waals surface area contributed by atoms with Crippen LogP contribution in [-0.4, -0.2) is 0 Å². The summed E-state index contributed by atoms with van der Waals surface area (Å²) in [5, 5.41) is 3.56. The van der Waals surface area contributed by atoms with Crippen molar-refractivity contribution in [3.05, 3.63) is 211 Å². The molecule has 11 rings (SSSR count). The van der Waals surface area contributed by atoms with Gasteiger partial charge in [-0.15, -0.1) is 0 Å². The third-order valence-electron chi connectivity index (χ3n) is 11.1. The molecule has 2 aliphatic rings. The standard InChI is InChI=1S/C49H31NO/c1-2-13-32(14-3-1)33-25-27-35(28-26-33)50(45-23-12-16-34-15-4-5-17-37(34)45)36-29-30-44-41(31-36)47-40-20-8-11-24-46(40)51-48(47)49(44)42-21-9-6-18-38(42)39-19-7-10-22-43(39)49/h1-31H. The fraction of sp³-hybridized carbons (Fsp3) is 0.0204. The van der Waals surface area contributed by atoms with E-state index in [0.717, 1.165) is 33.8 Å². The van der Waals surface area contributed by atoms with Gasteiger partial charge in [0.1, 0.15) is 16.8 Å². The summed E-state index contributed by atoms with van der Waals surface area (Å²) < 4.78 is 7.01. The van der Waals surface area contributed by atoms with Crippen LogP contribution in [0.3, 0.4) is 0 Å². The van der Waals surface area contributed by atoms with E-state index < -0.39 is 5.41 Å². The minimum atomic E-state index is -0.545. The molecule has 238 valence electrons. The molecule has 0 radical (unpaired) electrons. The first kappa shape index (κ1) is 28.2. The monoisotopic (exact) mass is 649 g/mol. The molecule has 2 nitrogen and oxygen atoms in total. The second-order valence-electron chi connectivity index (χ2n) is 13.6. The third kappa shape index (κ3) is 3.87.